The first-order valence-corrected chi connectivity index (χ1v) is 6.07. The number of aryl methyl sites for hydroxylation is 1. The van der Waals surface area contributed by atoms with Crippen LogP contribution in [-0.2, 0) is 6.42 Å². The number of rotatable bonds is 5. The molecule has 0 bridgehead atoms. The molecule has 0 nitrogen and oxygen atoms in total. The molecule has 0 amide bonds. The molecule has 0 aromatic heterocycles. The van der Waals surface area contributed by atoms with E-state index in [4.69, 9.17) is 0 Å². The van der Waals surface area contributed by atoms with Gasteiger partial charge in [0.2, 0.25) is 0 Å². The van der Waals surface area contributed by atoms with Crippen LogP contribution < -0.4 is 0 Å². The second-order valence-corrected chi connectivity index (χ2v) is 4.57. The van der Waals surface area contributed by atoms with Crippen LogP contribution in [0.2, 0.25) is 0 Å². The van der Waals surface area contributed by atoms with Gasteiger partial charge in [-0.1, -0.05) is 53.5 Å². The van der Waals surface area contributed by atoms with Crippen molar-refractivity contribution in [2.45, 2.75) is 37.4 Å². The molecule has 1 unspecified atom stereocenters. The molecule has 0 spiro atoms. The van der Waals surface area contributed by atoms with Gasteiger partial charge < -0.3 is 0 Å². The lowest BCUT2D eigenvalue weighted by Gasteiger charge is -2.09. The zero-order valence-electron chi connectivity index (χ0n) is 8.72. The first-order valence-electron chi connectivity index (χ1n) is 5.16. The number of unbranched alkanes of at least 4 members (excludes halogenated alkanes) is 1. The maximum Gasteiger partial charge on any atom is 0.255 e. The van der Waals surface area contributed by atoms with E-state index in [1.54, 1.807) is 12.1 Å². The van der Waals surface area contributed by atoms with Crippen molar-refractivity contribution in [2.24, 2.45) is 0 Å². The fourth-order valence-corrected chi connectivity index (χ4v) is 1.70. The Hall–Kier alpha value is -0.440. The number of benzene rings is 1. The molecule has 1 rings (SSSR count). The summed E-state index contributed by atoms with van der Waals surface area (Å²) in [7, 11) is 0. The summed E-state index contributed by atoms with van der Waals surface area (Å²) in [6.45, 7) is 2.14. The monoisotopic (exact) mass is 276 g/mol. The van der Waals surface area contributed by atoms with Gasteiger partial charge in [-0.2, -0.15) is 0 Å². The van der Waals surface area contributed by atoms with Crippen LogP contribution in [0.15, 0.2) is 24.3 Å². The van der Waals surface area contributed by atoms with Crippen LogP contribution in [0.25, 0.3) is 0 Å². The van der Waals surface area contributed by atoms with Gasteiger partial charge in [0.15, 0.2) is 0 Å². The van der Waals surface area contributed by atoms with E-state index in [1.807, 2.05) is 12.1 Å². The Balaban J connectivity index is 2.63. The van der Waals surface area contributed by atoms with Crippen LogP contribution in [0.3, 0.4) is 0 Å². The number of alkyl halides is 3. The summed E-state index contributed by atoms with van der Waals surface area (Å²) in [6.07, 6.45) is 0.969. The maximum absolute atomic E-state index is 12.4. The lowest BCUT2D eigenvalue weighted by Crippen LogP contribution is -2.01. The normalized spacial score (nSPS) is 13.1. The molecule has 1 atom stereocenters. The maximum atomic E-state index is 12.4. The molecular formula is C12H15BrF2. The summed E-state index contributed by atoms with van der Waals surface area (Å²) in [5, 5.41) is 0. The highest BCUT2D eigenvalue weighted by atomic mass is 79.9. The lowest BCUT2D eigenvalue weighted by molar-refractivity contribution is 0.147. The summed E-state index contributed by atoms with van der Waals surface area (Å²) < 4.78 is 24.7. The highest BCUT2D eigenvalue weighted by Crippen LogP contribution is 2.29. The molecule has 1 aromatic rings. The van der Waals surface area contributed by atoms with Crippen LogP contribution in [0, 0.1) is 0 Å². The fraction of sp³-hybridized carbons (Fsp3) is 0.500. The molecule has 0 saturated carbocycles. The smallest absolute Gasteiger partial charge is 0.209 e. The minimum Gasteiger partial charge on any atom is -0.209 e. The topological polar surface area (TPSA) is 0 Å². The van der Waals surface area contributed by atoms with Gasteiger partial charge in [-0.05, 0) is 24.0 Å². The Labute approximate surface area is 97.8 Å². The predicted octanol–water partition coefficient (Wildman–Crippen LogP) is 4.73. The first-order chi connectivity index (χ1) is 7.15. The van der Waals surface area contributed by atoms with Gasteiger partial charge in [-0.15, -0.1) is 0 Å². The summed E-state index contributed by atoms with van der Waals surface area (Å²) in [6, 6.07) is 7.41. The predicted molar refractivity (Wildman–Crippen MR) is 62.7 cm³/mol. The van der Waals surface area contributed by atoms with Crippen LogP contribution in [-0.4, -0.2) is 6.43 Å². The van der Waals surface area contributed by atoms with Gasteiger partial charge in [0.25, 0.3) is 6.43 Å². The van der Waals surface area contributed by atoms with Crippen molar-refractivity contribution in [3.8, 4) is 0 Å². The third-order valence-corrected chi connectivity index (χ3v) is 3.27. The standard InChI is InChI=1S/C12H15BrF2/c1-2-3-4-9-5-7-10(8-6-9)11(13)12(14)15/h5-8,11-12H,2-4H2,1H3. The fourth-order valence-electron chi connectivity index (χ4n) is 1.39. The van der Waals surface area contributed by atoms with Gasteiger partial charge >= 0.3 is 0 Å². The Bertz CT molecular complexity index is 282. The molecule has 0 fully saturated rings. The highest BCUT2D eigenvalue weighted by Gasteiger charge is 2.18. The molecule has 1 aromatic carbocycles. The molecule has 0 heterocycles. The largest absolute Gasteiger partial charge is 0.255 e. The molecule has 0 aliphatic carbocycles. The van der Waals surface area contributed by atoms with E-state index in [-0.39, 0.29) is 0 Å². The molecule has 84 valence electrons. The van der Waals surface area contributed by atoms with E-state index in [2.05, 4.69) is 22.9 Å². The summed E-state index contributed by atoms with van der Waals surface area (Å²) in [5.41, 5.74) is 1.86. The van der Waals surface area contributed by atoms with Gasteiger partial charge in [0.1, 0.15) is 4.83 Å². The molecule has 3 heteroatoms. The van der Waals surface area contributed by atoms with Gasteiger partial charge in [0, 0.05) is 0 Å². The third-order valence-electron chi connectivity index (χ3n) is 2.34. The molecule has 0 aliphatic heterocycles. The number of halogens is 3. The van der Waals surface area contributed by atoms with Crippen LogP contribution in [0.4, 0.5) is 8.78 Å². The SMILES string of the molecule is CCCCc1ccc(C(Br)C(F)F)cc1. The summed E-state index contributed by atoms with van der Waals surface area (Å²) in [4.78, 5) is -0.849. The van der Waals surface area contributed by atoms with E-state index >= 15 is 0 Å². The van der Waals surface area contributed by atoms with Crippen molar-refractivity contribution >= 4 is 15.9 Å². The molecule has 0 N–H and O–H groups in total. The van der Waals surface area contributed by atoms with Crippen molar-refractivity contribution in [3.63, 3.8) is 0 Å². The zero-order chi connectivity index (χ0) is 11.3. The van der Waals surface area contributed by atoms with Crippen LogP contribution >= 0.6 is 15.9 Å². The first kappa shape index (κ1) is 12.6. The average Bonchev–Trinajstić information content (AvgIpc) is 2.26. The van der Waals surface area contributed by atoms with Crippen LogP contribution in [0.5, 0.6) is 0 Å². The second-order valence-electron chi connectivity index (χ2n) is 3.58. The minimum absolute atomic E-state index is 0.644. The van der Waals surface area contributed by atoms with Gasteiger partial charge in [-0.25, -0.2) is 8.78 Å². The number of hydrogen-bond donors (Lipinski definition) is 0. The van der Waals surface area contributed by atoms with Crippen molar-refractivity contribution in [2.75, 3.05) is 0 Å². The van der Waals surface area contributed by atoms with E-state index in [9.17, 15) is 8.78 Å². The lowest BCUT2D eigenvalue weighted by atomic mass is 10.1. The van der Waals surface area contributed by atoms with E-state index in [0.29, 0.717) is 5.56 Å². The van der Waals surface area contributed by atoms with Gasteiger partial charge in [-0.3, -0.25) is 0 Å². The Morgan fingerprint density at radius 2 is 1.80 bits per heavy atom. The molecular weight excluding hydrogens is 262 g/mol. The number of hydrogen-bond acceptors (Lipinski definition) is 0. The molecule has 0 aliphatic rings. The Morgan fingerprint density at radius 1 is 1.20 bits per heavy atom. The van der Waals surface area contributed by atoms with E-state index in [1.165, 1.54) is 5.56 Å². The molecule has 0 saturated heterocycles. The molecule has 0 radical (unpaired) electrons. The minimum atomic E-state index is -2.36. The second kappa shape index (κ2) is 6.21. The zero-order valence-corrected chi connectivity index (χ0v) is 10.3. The van der Waals surface area contributed by atoms with Crippen molar-refractivity contribution < 1.29 is 8.78 Å². The van der Waals surface area contributed by atoms with Crippen molar-refractivity contribution in [3.05, 3.63) is 35.4 Å². The van der Waals surface area contributed by atoms with Crippen molar-refractivity contribution in [1.82, 2.24) is 0 Å². The third kappa shape index (κ3) is 3.90. The van der Waals surface area contributed by atoms with E-state index < -0.39 is 11.3 Å². The summed E-state index contributed by atoms with van der Waals surface area (Å²) >= 11 is 2.98. The summed E-state index contributed by atoms with van der Waals surface area (Å²) in [5.74, 6) is 0. The quantitative estimate of drug-likeness (QED) is 0.682. The molecule has 15 heavy (non-hydrogen) atoms. The average molecular weight is 277 g/mol. The Morgan fingerprint density at radius 3 is 2.27 bits per heavy atom. The highest BCUT2D eigenvalue weighted by molar-refractivity contribution is 9.09. The van der Waals surface area contributed by atoms with Crippen LogP contribution in [0.1, 0.15) is 35.7 Å². The van der Waals surface area contributed by atoms with Gasteiger partial charge in [0.05, 0.1) is 0 Å². The van der Waals surface area contributed by atoms with E-state index in [0.717, 1.165) is 19.3 Å². The Kier molecular flexibility index (Phi) is 5.23. The van der Waals surface area contributed by atoms with Crippen molar-refractivity contribution in [1.29, 1.82) is 0 Å².